The molecule has 5 nitrogen and oxygen atoms in total. The molecule has 22 heavy (non-hydrogen) atoms. The van der Waals surface area contributed by atoms with Gasteiger partial charge in [-0.25, -0.2) is 4.39 Å². The monoisotopic (exact) mass is 310 g/mol. The minimum absolute atomic E-state index is 0.0234. The zero-order valence-electron chi connectivity index (χ0n) is 13.0. The summed E-state index contributed by atoms with van der Waals surface area (Å²) in [4.78, 5) is 15.5. The number of carboxylic acid groups (broad SMARTS) is 1. The van der Waals surface area contributed by atoms with Gasteiger partial charge in [-0.2, -0.15) is 0 Å². The number of rotatable bonds is 6. The van der Waals surface area contributed by atoms with Gasteiger partial charge in [0.2, 0.25) is 0 Å². The van der Waals surface area contributed by atoms with Crippen molar-refractivity contribution in [3.05, 3.63) is 35.6 Å². The van der Waals surface area contributed by atoms with E-state index in [0.29, 0.717) is 19.7 Å². The van der Waals surface area contributed by atoms with Crippen LogP contribution in [0, 0.1) is 5.82 Å². The molecule has 0 spiro atoms. The SMILES string of the molecule is CN(C)CCC1CN(C(C(=O)O)c2ccccc2F)CCO1. The molecule has 1 aromatic carbocycles. The fourth-order valence-corrected chi connectivity index (χ4v) is 2.74. The molecular formula is C16H23FN2O3. The van der Waals surface area contributed by atoms with Gasteiger partial charge in [0.15, 0.2) is 0 Å². The molecule has 1 N–H and O–H groups in total. The third-order valence-electron chi connectivity index (χ3n) is 3.87. The predicted molar refractivity (Wildman–Crippen MR) is 81.3 cm³/mol. The zero-order valence-corrected chi connectivity index (χ0v) is 13.0. The minimum atomic E-state index is -1.03. The smallest absolute Gasteiger partial charge is 0.325 e. The lowest BCUT2D eigenvalue weighted by Crippen LogP contribution is -2.47. The maximum atomic E-state index is 14.0. The molecule has 2 atom stereocenters. The zero-order chi connectivity index (χ0) is 16.1. The van der Waals surface area contributed by atoms with Gasteiger partial charge in [0.1, 0.15) is 11.9 Å². The molecule has 2 unspecified atom stereocenters. The average molecular weight is 310 g/mol. The molecule has 0 radical (unpaired) electrons. The number of morpholine rings is 1. The second-order valence-electron chi connectivity index (χ2n) is 5.84. The minimum Gasteiger partial charge on any atom is -0.480 e. The maximum Gasteiger partial charge on any atom is 0.325 e. The molecule has 2 rings (SSSR count). The van der Waals surface area contributed by atoms with E-state index in [1.165, 1.54) is 6.07 Å². The van der Waals surface area contributed by atoms with E-state index in [0.717, 1.165) is 13.0 Å². The molecule has 1 saturated heterocycles. The second-order valence-corrected chi connectivity index (χ2v) is 5.84. The molecule has 0 saturated carbocycles. The van der Waals surface area contributed by atoms with Crippen LogP contribution in [0.1, 0.15) is 18.0 Å². The summed E-state index contributed by atoms with van der Waals surface area (Å²) in [6, 6.07) is 5.11. The van der Waals surface area contributed by atoms with Crippen molar-refractivity contribution in [2.45, 2.75) is 18.6 Å². The van der Waals surface area contributed by atoms with E-state index in [4.69, 9.17) is 4.74 Å². The molecule has 0 bridgehead atoms. The van der Waals surface area contributed by atoms with Gasteiger partial charge in [0.25, 0.3) is 0 Å². The van der Waals surface area contributed by atoms with Crippen molar-refractivity contribution in [1.82, 2.24) is 9.80 Å². The van der Waals surface area contributed by atoms with Gasteiger partial charge in [-0.15, -0.1) is 0 Å². The van der Waals surface area contributed by atoms with Crippen LogP contribution < -0.4 is 0 Å². The van der Waals surface area contributed by atoms with Crippen LogP contribution in [0.2, 0.25) is 0 Å². The van der Waals surface area contributed by atoms with Crippen molar-refractivity contribution in [2.75, 3.05) is 40.3 Å². The number of nitrogens with zero attached hydrogens (tertiary/aromatic N) is 2. The molecule has 1 aliphatic heterocycles. The van der Waals surface area contributed by atoms with Crippen LogP contribution in [0.4, 0.5) is 4.39 Å². The first-order valence-electron chi connectivity index (χ1n) is 7.46. The summed E-state index contributed by atoms with van der Waals surface area (Å²) >= 11 is 0. The van der Waals surface area contributed by atoms with Crippen LogP contribution in [0.5, 0.6) is 0 Å². The summed E-state index contributed by atoms with van der Waals surface area (Å²) in [5, 5.41) is 9.55. The molecular weight excluding hydrogens is 287 g/mol. The van der Waals surface area contributed by atoms with Gasteiger partial charge < -0.3 is 14.7 Å². The molecule has 0 amide bonds. The van der Waals surface area contributed by atoms with Crippen LogP contribution in [0.15, 0.2) is 24.3 Å². The van der Waals surface area contributed by atoms with Crippen molar-refractivity contribution in [3.8, 4) is 0 Å². The number of carboxylic acids is 1. The Kier molecular flexibility index (Phi) is 5.88. The summed E-state index contributed by atoms with van der Waals surface area (Å²) in [7, 11) is 3.97. The Morgan fingerprint density at radius 3 is 2.86 bits per heavy atom. The fraction of sp³-hybridized carbons (Fsp3) is 0.562. The molecule has 1 fully saturated rings. The lowest BCUT2D eigenvalue weighted by Gasteiger charge is -2.37. The third kappa shape index (κ3) is 4.25. The summed E-state index contributed by atoms with van der Waals surface area (Å²) in [5.74, 6) is -1.51. The number of benzene rings is 1. The first-order valence-corrected chi connectivity index (χ1v) is 7.46. The van der Waals surface area contributed by atoms with E-state index in [1.807, 2.05) is 14.1 Å². The highest BCUT2D eigenvalue weighted by molar-refractivity contribution is 5.75. The Morgan fingerprint density at radius 1 is 1.50 bits per heavy atom. The number of carbonyl (C=O) groups is 1. The predicted octanol–water partition coefficient (Wildman–Crippen LogP) is 1.60. The van der Waals surface area contributed by atoms with E-state index in [1.54, 1.807) is 23.1 Å². The Hall–Kier alpha value is -1.50. The number of halogens is 1. The lowest BCUT2D eigenvalue weighted by atomic mass is 10.0. The highest BCUT2D eigenvalue weighted by atomic mass is 19.1. The first-order chi connectivity index (χ1) is 10.5. The van der Waals surface area contributed by atoms with E-state index >= 15 is 0 Å². The van der Waals surface area contributed by atoms with Crippen molar-refractivity contribution >= 4 is 5.97 Å². The van der Waals surface area contributed by atoms with E-state index in [9.17, 15) is 14.3 Å². The molecule has 122 valence electrons. The van der Waals surface area contributed by atoms with Crippen LogP contribution in [-0.2, 0) is 9.53 Å². The fourth-order valence-electron chi connectivity index (χ4n) is 2.74. The molecule has 6 heteroatoms. The summed E-state index contributed by atoms with van der Waals surface area (Å²) in [6.45, 7) is 2.33. The van der Waals surface area contributed by atoms with Gasteiger partial charge >= 0.3 is 5.97 Å². The lowest BCUT2D eigenvalue weighted by molar-refractivity contribution is -0.147. The Labute approximate surface area is 130 Å². The van der Waals surface area contributed by atoms with Gasteiger partial charge in [-0.3, -0.25) is 9.69 Å². The van der Waals surface area contributed by atoms with Crippen molar-refractivity contribution in [2.24, 2.45) is 0 Å². The van der Waals surface area contributed by atoms with Crippen molar-refractivity contribution in [1.29, 1.82) is 0 Å². The molecule has 0 aliphatic carbocycles. The second kappa shape index (κ2) is 7.67. The normalized spacial score (nSPS) is 21.0. The highest BCUT2D eigenvalue weighted by Crippen LogP contribution is 2.26. The van der Waals surface area contributed by atoms with Crippen LogP contribution >= 0.6 is 0 Å². The first kappa shape index (κ1) is 16.9. The highest BCUT2D eigenvalue weighted by Gasteiger charge is 2.33. The van der Waals surface area contributed by atoms with Crippen LogP contribution in [0.25, 0.3) is 0 Å². The summed E-state index contributed by atoms with van der Waals surface area (Å²) < 4.78 is 19.7. The molecule has 0 aromatic heterocycles. The standard InChI is InChI=1S/C16H23FN2O3/c1-18(2)8-7-12-11-19(9-10-22-12)15(16(20)21)13-5-3-4-6-14(13)17/h3-6,12,15H,7-11H2,1-2H3,(H,20,21). The number of hydrogen-bond donors (Lipinski definition) is 1. The largest absolute Gasteiger partial charge is 0.480 e. The van der Waals surface area contributed by atoms with Gasteiger partial charge in [0, 0.05) is 25.2 Å². The number of hydrogen-bond acceptors (Lipinski definition) is 4. The average Bonchev–Trinajstić information content (AvgIpc) is 2.47. The Bertz CT molecular complexity index is 510. The Morgan fingerprint density at radius 2 is 2.23 bits per heavy atom. The van der Waals surface area contributed by atoms with Crippen LogP contribution in [0.3, 0.4) is 0 Å². The molecule has 1 heterocycles. The van der Waals surface area contributed by atoms with Crippen molar-refractivity contribution in [3.63, 3.8) is 0 Å². The molecule has 1 aromatic rings. The van der Waals surface area contributed by atoms with Crippen molar-refractivity contribution < 1.29 is 19.0 Å². The van der Waals surface area contributed by atoms with E-state index in [2.05, 4.69) is 4.90 Å². The topological polar surface area (TPSA) is 53.0 Å². The number of ether oxygens (including phenoxy) is 1. The van der Waals surface area contributed by atoms with Gasteiger partial charge in [-0.1, -0.05) is 18.2 Å². The quantitative estimate of drug-likeness (QED) is 0.865. The van der Waals surface area contributed by atoms with Gasteiger partial charge in [0.05, 0.1) is 12.7 Å². The van der Waals surface area contributed by atoms with Gasteiger partial charge in [-0.05, 0) is 26.6 Å². The summed E-state index contributed by atoms with van der Waals surface area (Å²) in [5.41, 5.74) is 0.211. The maximum absolute atomic E-state index is 14.0. The van der Waals surface area contributed by atoms with E-state index < -0.39 is 17.8 Å². The van der Waals surface area contributed by atoms with Crippen LogP contribution in [-0.4, -0.2) is 67.3 Å². The van der Waals surface area contributed by atoms with E-state index in [-0.39, 0.29) is 11.7 Å². The number of aliphatic carboxylic acids is 1. The molecule has 1 aliphatic rings. The summed E-state index contributed by atoms with van der Waals surface area (Å²) in [6.07, 6.45) is 0.803. The Balaban J connectivity index is 2.12. The third-order valence-corrected chi connectivity index (χ3v) is 3.87.